The Kier molecular flexibility index (Phi) is 7.77. The molecular formula is C10H5Cl2F17Si. The second-order valence-corrected chi connectivity index (χ2v) is 10.8. The number of alkyl halides is 17. The van der Waals surface area contributed by atoms with Gasteiger partial charge in [0.1, 0.15) is 0 Å². The third kappa shape index (κ3) is 4.15. The van der Waals surface area contributed by atoms with E-state index in [1.54, 1.807) is 0 Å². The molecule has 0 bridgehead atoms. The van der Waals surface area contributed by atoms with E-state index in [4.69, 9.17) is 22.2 Å². The lowest BCUT2D eigenvalue weighted by molar-refractivity contribution is -0.461. The van der Waals surface area contributed by atoms with Gasteiger partial charge in [0.15, 0.2) is 0 Å². The number of halogens is 19. The summed E-state index contributed by atoms with van der Waals surface area (Å²) in [4.78, 5) is 0. The Balaban J connectivity index is 6.55. The second kappa shape index (κ2) is 7.88. The Bertz CT molecular complexity index is 610. The standard InChI is InChI=1S/C10H5Cl2F17Si/c11-30(12)2-1-3(13,14)4(15,16)5(17,18)6(19,20)7(21,22)8(23,24)9(25,26)10(27,28)29/h30H,1-2H2. The molecule has 20 heteroatoms. The van der Waals surface area contributed by atoms with Gasteiger partial charge in [-0.1, -0.05) is 0 Å². The lowest BCUT2D eigenvalue weighted by atomic mass is 9.88. The highest BCUT2D eigenvalue weighted by Gasteiger charge is 2.95. The average molecular weight is 547 g/mol. The molecule has 0 aliphatic heterocycles. The minimum absolute atomic E-state index is 1.44. The molecule has 0 nitrogen and oxygen atoms in total. The van der Waals surface area contributed by atoms with Crippen molar-refractivity contribution in [3.05, 3.63) is 0 Å². The fraction of sp³-hybridized carbons (Fsp3) is 1.00. The van der Waals surface area contributed by atoms with Gasteiger partial charge in [0.25, 0.3) is 0 Å². The van der Waals surface area contributed by atoms with Gasteiger partial charge in [-0.25, -0.2) is 0 Å². The van der Waals surface area contributed by atoms with E-state index in [2.05, 4.69) is 0 Å². The predicted octanol–water partition coefficient (Wildman–Crippen LogP) is 7.08. The van der Waals surface area contributed by atoms with Gasteiger partial charge in [-0.2, -0.15) is 96.8 Å². The summed E-state index contributed by atoms with van der Waals surface area (Å²) < 4.78 is 219. The fourth-order valence-electron chi connectivity index (χ4n) is 1.64. The lowest BCUT2D eigenvalue weighted by Crippen LogP contribution is -2.74. The van der Waals surface area contributed by atoms with Crippen molar-refractivity contribution < 1.29 is 74.6 Å². The van der Waals surface area contributed by atoms with Crippen LogP contribution in [0.25, 0.3) is 0 Å². The summed E-state index contributed by atoms with van der Waals surface area (Å²) in [6.07, 6.45) is -10.3. The zero-order chi connectivity index (χ0) is 25.0. The van der Waals surface area contributed by atoms with Gasteiger partial charge in [0.2, 0.25) is 7.42 Å². The summed E-state index contributed by atoms with van der Waals surface area (Å²) in [6, 6.07) is -1.44. The minimum atomic E-state index is -8.61. The van der Waals surface area contributed by atoms with Crippen LogP contribution >= 0.6 is 22.2 Å². The summed E-state index contributed by atoms with van der Waals surface area (Å²) in [6.45, 7) is 0. The SMILES string of the molecule is FC(F)(F)C(F)(F)C(F)(F)C(F)(F)C(F)(F)C(F)(F)C(F)(F)C(F)(F)CC[SiH](Cl)Cl. The first-order valence-corrected chi connectivity index (χ1v) is 11.0. The van der Waals surface area contributed by atoms with Crippen molar-refractivity contribution in [3.8, 4) is 0 Å². The highest BCUT2D eigenvalue weighted by Crippen LogP contribution is 2.64. The molecule has 0 atom stereocenters. The van der Waals surface area contributed by atoms with Gasteiger partial charge in [-0.15, -0.1) is 0 Å². The van der Waals surface area contributed by atoms with Crippen molar-refractivity contribution in [1.82, 2.24) is 0 Å². The largest absolute Gasteiger partial charge is 0.460 e. The van der Waals surface area contributed by atoms with Crippen LogP contribution in [0.5, 0.6) is 0 Å². The molecule has 0 aromatic carbocycles. The van der Waals surface area contributed by atoms with Crippen LogP contribution < -0.4 is 0 Å². The number of hydrogen-bond acceptors (Lipinski definition) is 0. The van der Waals surface area contributed by atoms with Crippen molar-refractivity contribution in [2.45, 2.75) is 60.1 Å². The Morgan fingerprint density at radius 2 is 0.700 bits per heavy atom. The van der Waals surface area contributed by atoms with Gasteiger partial charge in [0, 0.05) is 6.42 Å². The summed E-state index contributed by atoms with van der Waals surface area (Å²) >= 11 is 9.89. The summed E-state index contributed by atoms with van der Waals surface area (Å²) in [5.74, 6) is -56.2. The van der Waals surface area contributed by atoms with E-state index in [1.165, 1.54) is 0 Å². The minimum Gasteiger partial charge on any atom is -0.200 e. The van der Waals surface area contributed by atoms with Crippen LogP contribution in [0.3, 0.4) is 0 Å². The third-order valence-electron chi connectivity index (χ3n) is 3.46. The van der Waals surface area contributed by atoms with Crippen molar-refractivity contribution in [1.29, 1.82) is 0 Å². The van der Waals surface area contributed by atoms with E-state index in [-0.39, 0.29) is 0 Å². The molecule has 0 aliphatic carbocycles. The van der Waals surface area contributed by atoms with Crippen LogP contribution in [0.2, 0.25) is 6.04 Å². The first-order valence-electron chi connectivity index (χ1n) is 6.66. The number of rotatable bonds is 9. The molecule has 0 spiro atoms. The first kappa shape index (κ1) is 29.6. The van der Waals surface area contributed by atoms with Gasteiger partial charge >= 0.3 is 47.6 Å². The van der Waals surface area contributed by atoms with E-state index in [1.807, 2.05) is 0 Å². The Hall–Kier alpha value is -0.393. The molecular weight excluding hydrogens is 542 g/mol. The molecule has 0 aromatic heterocycles. The molecule has 0 saturated heterocycles. The van der Waals surface area contributed by atoms with Crippen LogP contribution in [0, 0.1) is 0 Å². The molecule has 0 aliphatic rings. The molecule has 0 N–H and O–H groups in total. The molecule has 30 heavy (non-hydrogen) atoms. The Morgan fingerprint density at radius 3 is 0.967 bits per heavy atom. The zero-order valence-corrected chi connectivity index (χ0v) is 15.8. The van der Waals surface area contributed by atoms with E-state index >= 15 is 0 Å². The maximum atomic E-state index is 13.3. The quantitative estimate of drug-likeness (QED) is 0.165. The van der Waals surface area contributed by atoms with E-state index < -0.39 is 67.5 Å². The number of hydrogen-bond donors (Lipinski definition) is 0. The summed E-state index contributed by atoms with van der Waals surface area (Å²) in [5.41, 5.74) is 0. The topological polar surface area (TPSA) is 0 Å². The van der Waals surface area contributed by atoms with Crippen LogP contribution in [0.15, 0.2) is 0 Å². The highest BCUT2D eigenvalue weighted by atomic mass is 35.7. The highest BCUT2D eigenvalue weighted by molar-refractivity contribution is 7.33. The fourth-order valence-corrected chi connectivity index (χ4v) is 2.88. The summed E-state index contributed by atoms with van der Waals surface area (Å²) in [5, 5.41) is 0. The lowest BCUT2D eigenvalue weighted by Gasteiger charge is -2.42. The van der Waals surface area contributed by atoms with Gasteiger partial charge in [0.05, 0.1) is 0 Å². The van der Waals surface area contributed by atoms with Crippen LogP contribution in [-0.2, 0) is 0 Å². The van der Waals surface area contributed by atoms with Crippen LogP contribution in [-0.4, -0.2) is 55.1 Å². The van der Waals surface area contributed by atoms with Crippen LogP contribution in [0.1, 0.15) is 6.42 Å². The van der Waals surface area contributed by atoms with Crippen molar-refractivity contribution in [3.63, 3.8) is 0 Å². The molecule has 0 unspecified atom stereocenters. The first-order chi connectivity index (χ1) is 12.7. The average Bonchev–Trinajstić information content (AvgIpc) is 2.50. The maximum Gasteiger partial charge on any atom is 0.460 e. The molecule has 0 amide bonds. The molecule has 0 radical (unpaired) electrons. The summed E-state index contributed by atoms with van der Waals surface area (Å²) in [7, 11) is -3.33. The molecule has 182 valence electrons. The van der Waals surface area contributed by atoms with E-state index in [9.17, 15) is 74.6 Å². The van der Waals surface area contributed by atoms with E-state index in [0.717, 1.165) is 0 Å². The monoisotopic (exact) mass is 546 g/mol. The Labute approximate surface area is 165 Å². The van der Waals surface area contributed by atoms with Gasteiger partial charge < -0.3 is 0 Å². The molecule has 0 aromatic rings. The maximum absolute atomic E-state index is 13.3. The second-order valence-electron chi connectivity index (χ2n) is 5.58. The van der Waals surface area contributed by atoms with Crippen LogP contribution in [0.4, 0.5) is 74.6 Å². The van der Waals surface area contributed by atoms with Gasteiger partial charge in [-0.3, -0.25) is 0 Å². The molecule has 0 fully saturated rings. The van der Waals surface area contributed by atoms with Crippen molar-refractivity contribution in [2.75, 3.05) is 0 Å². The normalized spacial score (nSPS) is 16.4. The van der Waals surface area contributed by atoms with Crippen molar-refractivity contribution >= 4 is 29.6 Å². The smallest absolute Gasteiger partial charge is 0.200 e. The molecule has 0 saturated carbocycles. The van der Waals surface area contributed by atoms with E-state index in [0.29, 0.717) is 0 Å². The van der Waals surface area contributed by atoms with Crippen molar-refractivity contribution in [2.24, 2.45) is 0 Å². The molecule has 0 rings (SSSR count). The molecule has 0 heterocycles. The third-order valence-corrected chi connectivity index (χ3v) is 5.50. The zero-order valence-electron chi connectivity index (χ0n) is 13.2. The van der Waals surface area contributed by atoms with Gasteiger partial charge in [-0.05, 0) is 6.04 Å². The Morgan fingerprint density at radius 1 is 0.433 bits per heavy atom. The predicted molar refractivity (Wildman–Crippen MR) is 69.0 cm³/mol.